The van der Waals surface area contributed by atoms with E-state index >= 15 is 0 Å². The summed E-state index contributed by atoms with van der Waals surface area (Å²) >= 11 is 0. The van der Waals surface area contributed by atoms with Gasteiger partial charge >= 0.3 is 0 Å². The molecule has 22 aliphatic rings. The van der Waals surface area contributed by atoms with Gasteiger partial charge in [-0.2, -0.15) is 0 Å². The first kappa shape index (κ1) is 56.8. The Morgan fingerprint density at radius 3 is 0.478 bits per heavy atom. The molecule has 22 fully saturated rings. The third kappa shape index (κ3) is 11.6. The van der Waals surface area contributed by atoms with Crippen LogP contribution in [0.1, 0.15) is 6.92 Å². The Morgan fingerprint density at radius 2 is 0.377 bits per heavy atom. The lowest BCUT2D eigenvalue weighted by atomic mass is 9.94. The molecule has 12 bridgehead atoms. The summed E-state index contributed by atoms with van der Waals surface area (Å²) in [5.74, 6) is 0. The number of aliphatic hydroxyl groups excluding tert-OH is 18. The molecule has 0 radical (unpaired) electrons. The van der Waals surface area contributed by atoms with Crippen LogP contribution >= 0.6 is 0 Å². The van der Waals surface area contributed by atoms with E-state index in [-0.39, 0.29) is 0 Å². The standard InChI is InChI=1S/C36H60O30.C3H6/c37-1-7-25-13(43)19(49)31(55-7)62-26-8(2-38)57-33(21(51)15(26)45)64-28-10(4-40)59-35(23(53)17(28)47)66-30-12(6-42)60-36(24(54)18(30)48)65-29-11(5-41)58-34(22(52)16(29)46)63-27-9(3-39)56-32(61-25)20(50)14(27)44;1-3-2/h7-54H,1-6H2;3H,1H2,2H3/t7-,8-,9-,10-,11-,12-,13-,14-,15-,16-,17-,18-,19-,20-,21-,22-,23-,24-,25-,26-,27-,28-,29-,30-,31-,32-,33-,34-,35-,36-;/m1./s1. The quantitative estimate of drug-likeness (QED) is 0.110. The van der Waals surface area contributed by atoms with Crippen molar-refractivity contribution in [1.82, 2.24) is 0 Å². The number of hydrogen-bond acceptors (Lipinski definition) is 30. The summed E-state index contributed by atoms with van der Waals surface area (Å²) in [6.45, 7) is -0.743. The Labute approximate surface area is 392 Å². The maximum atomic E-state index is 11.2. The van der Waals surface area contributed by atoms with Gasteiger partial charge in [0.2, 0.25) is 0 Å². The fourth-order valence-electron chi connectivity index (χ4n) is 8.93. The van der Waals surface area contributed by atoms with Gasteiger partial charge in [0.1, 0.15) is 146 Å². The van der Waals surface area contributed by atoms with Crippen LogP contribution in [0.2, 0.25) is 0 Å². The Morgan fingerprint density at radius 1 is 0.261 bits per heavy atom. The third-order valence-corrected chi connectivity index (χ3v) is 12.7. The fourth-order valence-corrected chi connectivity index (χ4v) is 8.93. The van der Waals surface area contributed by atoms with Gasteiger partial charge in [-0.25, -0.2) is 0 Å². The second kappa shape index (κ2) is 24.7. The zero-order valence-electron chi connectivity index (χ0n) is 36.8. The molecule has 69 heavy (non-hydrogen) atoms. The maximum absolute atomic E-state index is 11.2. The van der Waals surface area contributed by atoms with Crippen LogP contribution in [0.3, 0.4) is 0 Å². The van der Waals surface area contributed by atoms with Crippen molar-refractivity contribution in [2.24, 2.45) is 0 Å². The number of aliphatic hydroxyl groups is 18. The van der Waals surface area contributed by atoms with Crippen LogP contribution in [-0.2, 0) is 56.8 Å². The van der Waals surface area contributed by atoms with E-state index in [9.17, 15) is 91.9 Å². The van der Waals surface area contributed by atoms with Crippen molar-refractivity contribution in [3.05, 3.63) is 12.7 Å². The monoisotopic (exact) mass is 1010 g/mol. The Bertz CT molecular complexity index is 1280. The minimum atomic E-state index is -2.15. The lowest BCUT2D eigenvalue weighted by Crippen LogP contribution is -2.69. The van der Waals surface area contributed by atoms with Gasteiger partial charge in [-0.3, -0.25) is 0 Å². The topological polar surface area (TPSA) is 475 Å². The second-order valence-corrected chi connectivity index (χ2v) is 17.3. The molecule has 30 atom stereocenters. The van der Waals surface area contributed by atoms with Gasteiger partial charge in [-0.05, 0) is 6.92 Å². The first-order valence-corrected chi connectivity index (χ1v) is 22.1. The van der Waals surface area contributed by atoms with Crippen LogP contribution in [0.5, 0.6) is 0 Å². The Balaban J connectivity index is 0.00000254. The van der Waals surface area contributed by atoms with E-state index in [4.69, 9.17) is 56.8 Å². The first-order chi connectivity index (χ1) is 32.8. The van der Waals surface area contributed by atoms with Crippen molar-refractivity contribution >= 4 is 0 Å². The number of hydrogen-bond donors (Lipinski definition) is 18. The molecule has 0 aromatic rings. The molecule has 0 aromatic carbocycles. The smallest absolute Gasteiger partial charge is 0.187 e. The molecular formula is C39H66O30. The van der Waals surface area contributed by atoms with Crippen LogP contribution in [0.25, 0.3) is 0 Å². The van der Waals surface area contributed by atoms with Crippen molar-refractivity contribution in [1.29, 1.82) is 0 Å². The van der Waals surface area contributed by atoms with E-state index in [1.807, 2.05) is 6.92 Å². The van der Waals surface area contributed by atoms with Crippen LogP contribution in [0.4, 0.5) is 0 Å². The molecule has 0 saturated carbocycles. The molecule has 30 nitrogen and oxygen atoms in total. The molecular weight excluding hydrogens is 948 g/mol. The van der Waals surface area contributed by atoms with Crippen LogP contribution in [-0.4, -0.2) is 316 Å². The van der Waals surface area contributed by atoms with Gasteiger partial charge in [0.15, 0.2) is 37.7 Å². The van der Waals surface area contributed by atoms with Crippen LogP contribution in [0, 0.1) is 0 Å². The molecule has 22 saturated heterocycles. The van der Waals surface area contributed by atoms with E-state index < -0.39 is 224 Å². The SMILES string of the molecule is C=CC.OC[C@H]1O[C@@H]2O[C@H]3[C@H](O)[C@@H](O)[C@@H](O[C@H]4[C@H](O)[C@@H](O)[C@@H](O[C@H]5[C@H](O)[C@@H](O)[C@@H](O[C@H]6[C@H](O)[C@@H](O)[C@@H](O[C@H]7[C@H](O)[C@@H](O)[C@@H](O[C@H]1[C@H](O)[C@H]2O)O[C@@H]7CO)O[C@@H]6CO)O[C@@H]5CO)O[C@@H]4CO)O[C@@H]3CO. The number of ether oxygens (including phenoxy) is 12. The predicted molar refractivity (Wildman–Crippen MR) is 212 cm³/mol. The summed E-state index contributed by atoms with van der Waals surface area (Å²) < 4.78 is 67.9. The normalized spacial score (nSPS) is 53.1. The molecule has 0 aromatic heterocycles. The highest BCUT2D eigenvalue weighted by atomic mass is 16.8. The predicted octanol–water partition coefficient (Wildman–Crippen LogP) is -11.9. The molecule has 0 unspecified atom stereocenters. The summed E-state index contributed by atoms with van der Waals surface area (Å²) in [5.41, 5.74) is 0. The minimum absolute atomic E-state index is 0.999. The molecule has 402 valence electrons. The zero-order chi connectivity index (χ0) is 50.8. The Kier molecular flexibility index (Phi) is 20.4. The van der Waals surface area contributed by atoms with Crippen molar-refractivity contribution in [3.8, 4) is 0 Å². The molecule has 30 heteroatoms. The summed E-state index contributed by atoms with van der Waals surface area (Å²) in [4.78, 5) is 0. The highest BCUT2D eigenvalue weighted by Crippen LogP contribution is 2.38. The number of allylic oxidation sites excluding steroid dienone is 1. The van der Waals surface area contributed by atoms with Crippen molar-refractivity contribution < 1.29 is 149 Å². The second-order valence-electron chi connectivity index (χ2n) is 17.3. The lowest BCUT2D eigenvalue weighted by molar-refractivity contribution is -0.404. The molecule has 22 rings (SSSR count). The van der Waals surface area contributed by atoms with E-state index in [0.717, 1.165) is 0 Å². The van der Waals surface area contributed by atoms with Crippen molar-refractivity contribution in [2.45, 2.75) is 191 Å². The average Bonchev–Trinajstić information content (AvgIpc) is 3.34. The van der Waals surface area contributed by atoms with Crippen molar-refractivity contribution in [3.63, 3.8) is 0 Å². The van der Waals surface area contributed by atoms with E-state index in [1.54, 1.807) is 6.08 Å². The summed E-state index contributed by atoms with van der Waals surface area (Å²) in [6.07, 6.45) is -56.7. The molecule has 22 heterocycles. The highest BCUT2D eigenvalue weighted by Gasteiger charge is 2.58. The van der Waals surface area contributed by atoms with Gasteiger partial charge in [0, 0.05) is 0 Å². The molecule has 0 amide bonds. The molecule has 0 spiro atoms. The van der Waals surface area contributed by atoms with Gasteiger partial charge in [-0.1, -0.05) is 6.08 Å². The van der Waals surface area contributed by atoms with Crippen LogP contribution in [0.15, 0.2) is 12.7 Å². The van der Waals surface area contributed by atoms with Crippen molar-refractivity contribution in [2.75, 3.05) is 39.6 Å². The third-order valence-electron chi connectivity index (χ3n) is 12.7. The van der Waals surface area contributed by atoms with E-state index in [1.165, 1.54) is 0 Å². The van der Waals surface area contributed by atoms with E-state index in [2.05, 4.69) is 6.58 Å². The van der Waals surface area contributed by atoms with E-state index in [0.29, 0.717) is 0 Å². The molecule has 0 aliphatic carbocycles. The van der Waals surface area contributed by atoms with Gasteiger partial charge in [0.05, 0.1) is 39.6 Å². The largest absolute Gasteiger partial charge is 0.394 e. The summed E-state index contributed by atoms with van der Waals surface area (Å²) in [7, 11) is 0. The summed E-state index contributed by atoms with van der Waals surface area (Å²) in [5, 5.41) is 196. The lowest BCUT2D eigenvalue weighted by Gasteiger charge is -2.50. The first-order valence-electron chi connectivity index (χ1n) is 22.1. The van der Waals surface area contributed by atoms with Crippen LogP contribution < -0.4 is 0 Å². The molecule has 18 N–H and O–H groups in total. The molecule has 22 aliphatic heterocycles. The van der Waals surface area contributed by atoms with Gasteiger partial charge < -0.3 is 149 Å². The van der Waals surface area contributed by atoms with Gasteiger partial charge in [-0.15, -0.1) is 6.58 Å². The highest BCUT2D eigenvalue weighted by molar-refractivity contribution is 5.01. The maximum Gasteiger partial charge on any atom is 0.187 e. The zero-order valence-corrected chi connectivity index (χ0v) is 36.8. The Hall–Kier alpha value is -1.46. The average molecular weight is 1010 g/mol. The summed E-state index contributed by atoms with van der Waals surface area (Å²) in [6, 6.07) is 0. The minimum Gasteiger partial charge on any atom is -0.394 e. The fraction of sp³-hybridized carbons (Fsp3) is 0.949. The number of rotatable bonds is 6. The van der Waals surface area contributed by atoms with Gasteiger partial charge in [0.25, 0.3) is 0 Å².